The number of phenols is 1. The van der Waals surface area contributed by atoms with Crippen LogP contribution in [0.25, 0.3) is 0 Å². The second kappa shape index (κ2) is 5.17. The summed E-state index contributed by atoms with van der Waals surface area (Å²) in [6, 6.07) is 10.3. The van der Waals surface area contributed by atoms with Gasteiger partial charge in [-0.05, 0) is 18.2 Å². The fraction of sp³-hybridized carbons (Fsp3) is 0. The van der Waals surface area contributed by atoms with Gasteiger partial charge in [0.2, 0.25) is 0 Å². The summed E-state index contributed by atoms with van der Waals surface area (Å²) in [5.74, 6) is -0.882. The van der Waals surface area contributed by atoms with Gasteiger partial charge in [-0.3, -0.25) is 10.1 Å². The Morgan fingerprint density at radius 2 is 1.75 bits per heavy atom. The van der Waals surface area contributed by atoms with Crippen molar-refractivity contribution >= 4 is 15.8 Å². The summed E-state index contributed by atoms with van der Waals surface area (Å²) in [5, 5.41) is 19.9. The molecule has 2 aromatic rings. The predicted octanol–water partition coefficient (Wildman–Crippen LogP) is 2.07. The zero-order valence-corrected chi connectivity index (χ0v) is 10.8. The van der Waals surface area contributed by atoms with E-state index in [4.69, 9.17) is 4.18 Å². The van der Waals surface area contributed by atoms with Crippen LogP contribution in [0.15, 0.2) is 53.4 Å². The number of nitro groups is 1. The lowest BCUT2D eigenvalue weighted by molar-refractivity contribution is -0.385. The summed E-state index contributed by atoms with van der Waals surface area (Å²) in [5.41, 5.74) is -0.533. The highest BCUT2D eigenvalue weighted by Gasteiger charge is 2.19. The van der Waals surface area contributed by atoms with Crippen molar-refractivity contribution in [3.05, 3.63) is 58.6 Å². The number of rotatable bonds is 4. The van der Waals surface area contributed by atoms with E-state index in [0.717, 1.165) is 18.2 Å². The van der Waals surface area contributed by atoms with E-state index in [0.29, 0.717) is 0 Å². The summed E-state index contributed by atoms with van der Waals surface area (Å²) in [4.78, 5) is 9.68. The first-order valence-electron chi connectivity index (χ1n) is 5.37. The largest absolute Gasteiger partial charge is 0.502 e. The number of hydrogen-bond donors (Lipinski definition) is 1. The molecular weight excluding hydrogens is 286 g/mol. The molecule has 0 aromatic heterocycles. The average molecular weight is 295 g/mol. The number of benzene rings is 2. The smallest absolute Gasteiger partial charge is 0.339 e. The Bertz CT molecular complexity index is 742. The van der Waals surface area contributed by atoms with Crippen LogP contribution in [-0.4, -0.2) is 18.4 Å². The van der Waals surface area contributed by atoms with Crippen molar-refractivity contribution in [2.45, 2.75) is 4.90 Å². The average Bonchev–Trinajstić information content (AvgIpc) is 2.39. The van der Waals surface area contributed by atoms with Crippen molar-refractivity contribution < 1.29 is 22.6 Å². The van der Waals surface area contributed by atoms with Crippen LogP contribution in [-0.2, 0) is 10.1 Å². The SMILES string of the molecule is O=[N+]([O-])c1ccc(OS(=O)(=O)c2ccccc2)cc1O. The Hall–Kier alpha value is -2.61. The summed E-state index contributed by atoms with van der Waals surface area (Å²) >= 11 is 0. The molecule has 104 valence electrons. The molecule has 0 amide bonds. The van der Waals surface area contributed by atoms with Gasteiger partial charge in [-0.15, -0.1) is 0 Å². The minimum Gasteiger partial charge on any atom is -0.502 e. The third-order valence-electron chi connectivity index (χ3n) is 2.38. The first-order chi connectivity index (χ1) is 9.40. The molecule has 0 bridgehead atoms. The normalized spacial score (nSPS) is 11.0. The maximum absolute atomic E-state index is 11.9. The Morgan fingerprint density at radius 1 is 1.10 bits per heavy atom. The molecule has 8 heteroatoms. The number of nitro benzene ring substituents is 1. The Morgan fingerprint density at radius 3 is 2.30 bits per heavy atom. The van der Waals surface area contributed by atoms with Crippen LogP contribution < -0.4 is 4.18 Å². The van der Waals surface area contributed by atoms with Crippen LogP contribution in [0, 0.1) is 10.1 Å². The molecular formula is C12H9NO6S. The maximum Gasteiger partial charge on any atom is 0.339 e. The first kappa shape index (κ1) is 13.8. The van der Waals surface area contributed by atoms with Crippen LogP contribution in [0.5, 0.6) is 11.5 Å². The van der Waals surface area contributed by atoms with Crippen molar-refractivity contribution in [1.29, 1.82) is 0 Å². The monoisotopic (exact) mass is 295 g/mol. The summed E-state index contributed by atoms with van der Waals surface area (Å²) in [6.45, 7) is 0. The van der Waals surface area contributed by atoms with Gasteiger partial charge in [0, 0.05) is 12.1 Å². The van der Waals surface area contributed by atoms with E-state index in [2.05, 4.69) is 0 Å². The lowest BCUT2D eigenvalue weighted by Gasteiger charge is -2.07. The van der Waals surface area contributed by atoms with Crippen molar-refractivity contribution in [3.63, 3.8) is 0 Å². The van der Waals surface area contributed by atoms with Gasteiger partial charge in [0.1, 0.15) is 10.6 Å². The van der Waals surface area contributed by atoms with E-state index in [1.165, 1.54) is 24.3 Å². The number of aromatic hydroxyl groups is 1. The van der Waals surface area contributed by atoms with Crippen LogP contribution in [0.3, 0.4) is 0 Å². The molecule has 0 radical (unpaired) electrons. The Balaban J connectivity index is 2.31. The number of phenolic OH excluding ortho intramolecular Hbond substituents is 1. The van der Waals surface area contributed by atoms with Gasteiger partial charge in [-0.25, -0.2) is 0 Å². The lowest BCUT2D eigenvalue weighted by atomic mass is 10.3. The van der Waals surface area contributed by atoms with Crippen molar-refractivity contribution in [3.8, 4) is 11.5 Å². The second-order valence-electron chi connectivity index (χ2n) is 3.76. The fourth-order valence-corrected chi connectivity index (χ4v) is 2.42. The van der Waals surface area contributed by atoms with Crippen LogP contribution in [0.4, 0.5) is 5.69 Å². The summed E-state index contributed by atoms with van der Waals surface area (Å²) in [6.07, 6.45) is 0. The third-order valence-corrected chi connectivity index (χ3v) is 3.64. The molecule has 20 heavy (non-hydrogen) atoms. The molecule has 0 fully saturated rings. The minimum atomic E-state index is -4.04. The highest BCUT2D eigenvalue weighted by molar-refractivity contribution is 7.87. The van der Waals surface area contributed by atoms with E-state index in [-0.39, 0.29) is 10.6 Å². The van der Waals surface area contributed by atoms with Gasteiger partial charge in [0.25, 0.3) is 0 Å². The highest BCUT2D eigenvalue weighted by Crippen LogP contribution is 2.31. The second-order valence-corrected chi connectivity index (χ2v) is 5.30. The van der Waals surface area contributed by atoms with E-state index in [9.17, 15) is 23.6 Å². The first-order valence-corrected chi connectivity index (χ1v) is 6.78. The molecule has 1 N–H and O–H groups in total. The number of nitrogens with zero attached hydrogens (tertiary/aromatic N) is 1. The molecule has 0 aliphatic heterocycles. The number of hydrogen-bond acceptors (Lipinski definition) is 6. The van der Waals surface area contributed by atoms with Crippen LogP contribution in [0.2, 0.25) is 0 Å². The van der Waals surface area contributed by atoms with Crippen molar-refractivity contribution in [2.24, 2.45) is 0 Å². The van der Waals surface area contributed by atoms with Gasteiger partial charge < -0.3 is 9.29 Å². The van der Waals surface area contributed by atoms with Crippen molar-refractivity contribution in [1.82, 2.24) is 0 Å². The molecule has 2 aromatic carbocycles. The zero-order chi connectivity index (χ0) is 14.8. The molecule has 0 heterocycles. The van der Waals surface area contributed by atoms with Gasteiger partial charge in [-0.1, -0.05) is 18.2 Å². The van der Waals surface area contributed by atoms with E-state index in [1.807, 2.05) is 0 Å². The van der Waals surface area contributed by atoms with Crippen LogP contribution in [0.1, 0.15) is 0 Å². The van der Waals surface area contributed by atoms with Gasteiger partial charge in [0.05, 0.1) is 4.92 Å². The molecule has 0 aliphatic carbocycles. The zero-order valence-electron chi connectivity index (χ0n) is 9.96. The summed E-state index contributed by atoms with van der Waals surface area (Å²) < 4.78 is 28.6. The van der Waals surface area contributed by atoms with E-state index in [1.54, 1.807) is 6.07 Å². The molecule has 7 nitrogen and oxygen atoms in total. The molecule has 0 atom stereocenters. The highest BCUT2D eigenvalue weighted by atomic mass is 32.2. The molecule has 0 unspecified atom stereocenters. The molecule has 0 saturated carbocycles. The van der Waals surface area contributed by atoms with E-state index < -0.39 is 26.5 Å². The Kier molecular flexibility index (Phi) is 3.57. The third kappa shape index (κ3) is 2.86. The summed E-state index contributed by atoms with van der Waals surface area (Å²) in [7, 11) is -4.04. The maximum atomic E-state index is 11.9. The predicted molar refractivity (Wildman–Crippen MR) is 69.0 cm³/mol. The molecule has 2 rings (SSSR count). The molecule has 0 spiro atoms. The minimum absolute atomic E-state index is 0.0576. The van der Waals surface area contributed by atoms with Crippen molar-refractivity contribution in [2.75, 3.05) is 0 Å². The molecule has 0 aliphatic rings. The molecule has 0 saturated heterocycles. The van der Waals surface area contributed by atoms with Gasteiger partial charge in [-0.2, -0.15) is 8.42 Å². The Labute approximate surface area is 114 Å². The van der Waals surface area contributed by atoms with E-state index >= 15 is 0 Å². The van der Waals surface area contributed by atoms with Gasteiger partial charge >= 0.3 is 15.8 Å². The van der Waals surface area contributed by atoms with Gasteiger partial charge in [0.15, 0.2) is 5.75 Å². The van der Waals surface area contributed by atoms with Crippen LogP contribution >= 0.6 is 0 Å². The quantitative estimate of drug-likeness (QED) is 0.525. The fourth-order valence-electron chi connectivity index (χ4n) is 1.47. The standard InChI is InChI=1S/C12H9NO6S/c14-12-8-9(6-7-11(12)13(15)16)19-20(17,18)10-4-2-1-3-5-10/h1-8,14H. The lowest BCUT2D eigenvalue weighted by Crippen LogP contribution is -2.09. The topological polar surface area (TPSA) is 107 Å².